The molecule has 4 saturated carbocycles. The van der Waals surface area contributed by atoms with Crippen LogP contribution in [0.2, 0.25) is 0 Å². The van der Waals surface area contributed by atoms with E-state index in [9.17, 15) is 80.1 Å². The lowest BCUT2D eigenvalue weighted by molar-refractivity contribution is -0.372. The monoisotopic (exact) mass is 1010 g/mol. The molecular formula is C48H70O23. The van der Waals surface area contributed by atoms with Crippen molar-refractivity contribution in [2.24, 2.45) is 50.2 Å². The molecule has 0 spiro atoms. The molecule has 0 aromatic carbocycles. The summed E-state index contributed by atoms with van der Waals surface area (Å²) in [6.07, 6.45) is -28.0. The molecule has 23 nitrogen and oxygen atoms in total. The Morgan fingerprint density at radius 2 is 1.24 bits per heavy atom. The van der Waals surface area contributed by atoms with Gasteiger partial charge in [0.25, 0.3) is 0 Å². The highest BCUT2D eigenvalue weighted by molar-refractivity contribution is 5.95. The minimum Gasteiger partial charge on any atom is -0.481 e. The van der Waals surface area contributed by atoms with Gasteiger partial charge in [0.15, 0.2) is 55.0 Å². The number of aliphatic hydroxyl groups is 8. The summed E-state index contributed by atoms with van der Waals surface area (Å²) in [5, 5.41) is 124. The normalized spacial score (nSPS) is 46.8. The summed E-state index contributed by atoms with van der Waals surface area (Å²) in [5.41, 5.74) is -2.71. The van der Waals surface area contributed by atoms with Crippen molar-refractivity contribution >= 4 is 35.6 Å². The van der Waals surface area contributed by atoms with Gasteiger partial charge in [-0.3, -0.25) is 9.59 Å². The van der Waals surface area contributed by atoms with E-state index in [4.69, 9.17) is 28.8 Å². The van der Waals surface area contributed by atoms with E-state index in [2.05, 4.69) is 27.7 Å². The van der Waals surface area contributed by atoms with Crippen molar-refractivity contribution in [3.05, 3.63) is 11.6 Å². The molecule has 0 radical (unpaired) electrons. The van der Waals surface area contributed by atoms with Gasteiger partial charge >= 0.3 is 29.8 Å². The Bertz CT molecular complexity index is 2160. The third kappa shape index (κ3) is 8.81. The topological polar surface area (TPSA) is 391 Å². The average Bonchev–Trinajstić information content (AvgIpc) is 3.28. The van der Waals surface area contributed by atoms with Crippen LogP contribution in [0.4, 0.5) is 0 Å². The Morgan fingerprint density at radius 1 is 0.662 bits per heavy atom. The van der Waals surface area contributed by atoms with Gasteiger partial charge in [-0.05, 0) is 110 Å². The van der Waals surface area contributed by atoms with Crippen LogP contribution in [-0.2, 0) is 52.5 Å². The smallest absolute Gasteiger partial charge is 0.338 e. The fourth-order valence-electron chi connectivity index (χ4n) is 14.4. The molecule has 0 amide bonds. The molecule has 2 aliphatic heterocycles. The van der Waals surface area contributed by atoms with E-state index in [1.165, 1.54) is 0 Å². The van der Waals surface area contributed by atoms with Gasteiger partial charge in [0, 0.05) is 5.92 Å². The number of carbonyl (C=O) groups is 6. The van der Waals surface area contributed by atoms with Crippen molar-refractivity contribution in [2.75, 3.05) is 0 Å². The molecule has 0 unspecified atom stereocenters. The van der Waals surface area contributed by atoms with Crippen LogP contribution in [-0.4, -0.2) is 189 Å². The zero-order valence-electron chi connectivity index (χ0n) is 40.7. The van der Waals surface area contributed by atoms with Crippen LogP contribution >= 0.6 is 0 Å². The lowest BCUT2D eigenvalue weighted by Crippen LogP contribution is -2.68. The molecule has 400 valence electrons. The molecule has 5 aliphatic carbocycles. The second-order valence-corrected chi connectivity index (χ2v) is 23.2. The molecule has 71 heavy (non-hydrogen) atoms. The molecule has 23 atom stereocenters. The first-order valence-corrected chi connectivity index (χ1v) is 24.2. The number of carbonyl (C=O) groups excluding carboxylic acids is 2. The van der Waals surface area contributed by atoms with Crippen LogP contribution in [0.15, 0.2) is 11.6 Å². The van der Waals surface area contributed by atoms with Crippen molar-refractivity contribution in [2.45, 2.75) is 198 Å². The first kappa shape index (κ1) is 55.0. The molecule has 0 aromatic rings. The lowest BCUT2D eigenvalue weighted by Gasteiger charge is -2.70. The second kappa shape index (κ2) is 18.9. The van der Waals surface area contributed by atoms with Crippen molar-refractivity contribution in [1.82, 2.24) is 0 Å². The van der Waals surface area contributed by atoms with Crippen LogP contribution in [0, 0.1) is 50.2 Å². The number of allylic oxidation sites excluding steroid dienone is 2. The number of ketones is 1. The summed E-state index contributed by atoms with van der Waals surface area (Å²) in [6.45, 7) is 14.2. The summed E-state index contributed by atoms with van der Waals surface area (Å²) < 4.78 is 29.0. The maximum absolute atomic E-state index is 15.0. The number of ether oxygens (including phenoxy) is 5. The standard InChI is InChI=1S/C48H70O23/c1-43(2)21-8-11-48(7)35(20(49)16-18-19-17-45(4,42(65)66)13-12-44(19,3)14-15-47(18,48)6)46(21,5)10-9-22(43)67-41-34(71-40-29(56)25(52)26(53)32(69-40)37(60)61)31(30(57)33(70-41)38(62)63)68-39(64)28(55)24(51)23(50)27(54)36(58)59/h16,19,21-35,40-41,50-57H,8-15,17H2,1-7H3,(H,58,59)(H,60,61)(H,62,63)(H,65,66)/t19-,21-,22-,23-,24-,25-,26-,27-,28+,29+,30-,31-,32-,33-,34+,35+,40-,41-,44+,45-,46-,47+,48+/m0/s1. The summed E-state index contributed by atoms with van der Waals surface area (Å²) >= 11 is 0. The van der Waals surface area contributed by atoms with Gasteiger partial charge in [0.2, 0.25) is 0 Å². The average molecular weight is 1020 g/mol. The Morgan fingerprint density at radius 3 is 1.83 bits per heavy atom. The third-order valence-electron chi connectivity index (χ3n) is 18.9. The van der Waals surface area contributed by atoms with Crippen molar-refractivity contribution < 1.29 is 114 Å². The quantitative estimate of drug-likeness (QED) is 0.0803. The SMILES string of the molecule is CC1(C)[C@@H](O[C@H]2O[C@H](C(=O)O)[C@@H](O)[C@H](OC(=O)[C@H](O)[C@@H](O)[C@H](O)[C@H](O)C(=O)O)[C@H]2O[C@@H]2O[C@H](C(=O)O)[C@@H](O)[C@H](O)[C@H]2O)CC[C@]2(C)[C@H]3C(=O)C=C4[C@@H]5C[C@@](C)(C(=O)O)CC[C@]5(C)CC[C@@]4(C)[C@]3(C)CC[C@@H]12. The minimum absolute atomic E-state index is 0.0449. The zero-order valence-corrected chi connectivity index (χ0v) is 40.7. The second-order valence-electron chi connectivity index (χ2n) is 23.2. The number of fused-ring (bicyclic) bond motifs is 7. The number of aliphatic hydroxyl groups excluding tert-OH is 8. The molecule has 2 saturated heterocycles. The number of carboxylic acids is 4. The van der Waals surface area contributed by atoms with Gasteiger partial charge in [0.1, 0.15) is 36.6 Å². The Balaban J connectivity index is 1.22. The van der Waals surface area contributed by atoms with Gasteiger partial charge < -0.3 is 85.0 Å². The van der Waals surface area contributed by atoms with Gasteiger partial charge in [-0.25, -0.2) is 19.2 Å². The molecule has 6 fully saturated rings. The van der Waals surface area contributed by atoms with E-state index >= 15 is 4.79 Å². The molecular weight excluding hydrogens is 945 g/mol. The molecule has 23 heteroatoms. The van der Waals surface area contributed by atoms with Crippen LogP contribution in [0.1, 0.15) is 106 Å². The highest BCUT2D eigenvalue weighted by atomic mass is 16.8. The highest BCUT2D eigenvalue weighted by Gasteiger charge is 2.71. The van der Waals surface area contributed by atoms with Crippen LogP contribution in [0.3, 0.4) is 0 Å². The number of hydrogen-bond acceptors (Lipinski definition) is 19. The maximum atomic E-state index is 15.0. The van der Waals surface area contributed by atoms with Crippen molar-refractivity contribution in [1.29, 1.82) is 0 Å². The van der Waals surface area contributed by atoms with E-state index < -0.39 is 155 Å². The number of carboxylic acid groups (broad SMARTS) is 4. The summed E-state index contributed by atoms with van der Waals surface area (Å²) in [5.74, 6) is -9.49. The molecule has 12 N–H and O–H groups in total. The van der Waals surface area contributed by atoms with Gasteiger partial charge in [-0.2, -0.15) is 0 Å². The third-order valence-corrected chi connectivity index (χ3v) is 18.9. The molecule has 7 rings (SSSR count). The Kier molecular flexibility index (Phi) is 14.6. The van der Waals surface area contributed by atoms with Crippen molar-refractivity contribution in [3.63, 3.8) is 0 Å². The predicted molar refractivity (Wildman–Crippen MR) is 235 cm³/mol. The van der Waals surface area contributed by atoms with E-state index in [0.29, 0.717) is 32.1 Å². The summed E-state index contributed by atoms with van der Waals surface area (Å²) in [6, 6.07) is 0. The highest BCUT2D eigenvalue weighted by Crippen LogP contribution is 2.75. The van der Waals surface area contributed by atoms with Crippen LogP contribution < -0.4 is 0 Å². The molecule has 7 aliphatic rings. The maximum Gasteiger partial charge on any atom is 0.338 e. The van der Waals surface area contributed by atoms with E-state index in [0.717, 1.165) is 24.8 Å². The summed E-state index contributed by atoms with van der Waals surface area (Å²) in [7, 11) is 0. The molecule has 0 bridgehead atoms. The van der Waals surface area contributed by atoms with E-state index in [1.807, 2.05) is 13.8 Å². The first-order valence-electron chi connectivity index (χ1n) is 24.2. The van der Waals surface area contributed by atoms with E-state index in [-0.39, 0.29) is 29.5 Å². The van der Waals surface area contributed by atoms with Gasteiger partial charge in [-0.1, -0.05) is 47.1 Å². The fourth-order valence-corrected chi connectivity index (χ4v) is 14.4. The first-order chi connectivity index (χ1) is 32.7. The lowest BCUT2D eigenvalue weighted by atomic mass is 9.33. The number of rotatable bonds is 13. The molecule has 2 heterocycles. The Hall–Kier alpha value is -3.72. The van der Waals surface area contributed by atoms with Gasteiger partial charge in [0.05, 0.1) is 11.5 Å². The van der Waals surface area contributed by atoms with Crippen molar-refractivity contribution in [3.8, 4) is 0 Å². The Labute approximate surface area is 408 Å². The molecule has 0 aromatic heterocycles. The number of hydrogen-bond donors (Lipinski definition) is 12. The minimum atomic E-state index is -2.89. The number of esters is 1. The van der Waals surface area contributed by atoms with E-state index in [1.54, 1.807) is 13.0 Å². The van der Waals surface area contributed by atoms with Crippen LogP contribution in [0.5, 0.6) is 0 Å². The largest absolute Gasteiger partial charge is 0.481 e. The summed E-state index contributed by atoms with van der Waals surface area (Å²) in [4.78, 5) is 77.1. The number of aliphatic carboxylic acids is 4. The van der Waals surface area contributed by atoms with Crippen LogP contribution in [0.25, 0.3) is 0 Å². The predicted octanol–water partition coefficient (Wildman–Crippen LogP) is -0.675. The van der Waals surface area contributed by atoms with Gasteiger partial charge in [-0.15, -0.1) is 0 Å². The zero-order chi connectivity index (χ0) is 53.0. The fraction of sp³-hybridized carbons (Fsp3) is 0.833.